The van der Waals surface area contributed by atoms with E-state index < -0.39 is 23.0 Å². The molecule has 0 saturated heterocycles. The molecule has 2 rings (SSSR count). The molecule has 0 aliphatic heterocycles. The van der Waals surface area contributed by atoms with Crippen LogP contribution in [0.2, 0.25) is 5.02 Å². The predicted octanol–water partition coefficient (Wildman–Crippen LogP) is 4.81. The number of hydrogen-bond donors (Lipinski definition) is 1. The first-order valence-corrected chi connectivity index (χ1v) is 8.52. The molecule has 25 heavy (non-hydrogen) atoms. The minimum absolute atomic E-state index is 0.470. The first-order valence-electron chi connectivity index (χ1n) is 8.14. The molecule has 0 bridgehead atoms. The Bertz CT molecular complexity index is 735. The number of hydrogen-bond acceptors (Lipinski definition) is 3. The van der Waals surface area contributed by atoms with Gasteiger partial charge in [0.2, 0.25) is 0 Å². The third-order valence-electron chi connectivity index (χ3n) is 3.94. The van der Waals surface area contributed by atoms with E-state index in [-0.39, 0.29) is 0 Å². The second kappa shape index (κ2) is 7.42. The van der Waals surface area contributed by atoms with Gasteiger partial charge in [0, 0.05) is 10.9 Å². The smallest absolute Gasteiger partial charge is 0.332 e. The summed E-state index contributed by atoms with van der Waals surface area (Å²) in [5.74, 6) is -0.965. The second-order valence-electron chi connectivity index (χ2n) is 7.00. The summed E-state index contributed by atoms with van der Waals surface area (Å²) in [6.45, 7) is 9.37. The van der Waals surface area contributed by atoms with Crippen LogP contribution in [0.4, 0.5) is 0 Å². The molecular weight excluding hydrogens is 334 g/mol. The van der Waals surface area contributed by atoms with Crippen molar-refractivity contribution in [2.75, 3.05) is 0 Å². The molecule has 0 radical (unpaired) electrons. The molecule has 2 N–H and O–H groups in total. The van der Waals surface area contributed by atoms with Gasteiger partial charge in [-0.2, -0.15) is 0 Å². The molecule has 0 saturated carbocycles. The lowest BCUT2D eigenvalue weighted by molar-refractivity contribution is -0.162. The van der Waals surface area contributed by atoms with Crippen molar-refractivity contribution in [2.24, 2.45) is 5.73 Å². The zero-order valence-electron chi connectivity index (χ0n) is 14.8. The fourth-order valence-electron chi connectivity index (χ4n) is 2.76. The van der Waals surface area contributed by atoms with Gasteiger partial charge in [0.25, 0.3) is 0 Å². The standard InChI is InChI=1S/C21H24ClNO2/c1-5-18(15-11-13-17(22)14-12-15)21(23,16-9-7-6-8-10-16)19(24)25-20(2,3)4/h5-14,18H,1,23H2,2-4H3/t18-,21+/m0/s1. The lowest BCUT2D eigenvalue weighted by Gasteiger charge is -2.36. The Kier molecular flexibility index (Phi) is 5.71. The van der Waals surface area contributed by atoms with Crippen LogP contribution in [0.1, 0.15) is 37.8 Å². The molecule has 2 atom stereocenters. The van der Waals surface area contributed by atoms with Gasteiger partial charge >= 0.3 is 5.97 Å². The van der Waals surface area contributed by atoms with Crippen LogP contribution in [0.5, 0.6) is 0 Å². The first-order chi connectivity index (χ1) is 11.7. The fraction of sp³-hybridized carbons (Fsp3) is 0.286. The van der Waals surface area contributed by atoms with E-state index in [0.717, 1.165) is 5.56 Å². The monoisotopic (exact) mass is 357 g/mol. The number of carbonyl (C=O) groups excluding carboxylic acids is 1. The minimum atomic E-state index is -1.40. The van der Waals surface area contributed by atoms with Crippen molar-refractivity contribution in [3.8, 4) is 0 Å². The summed E-state index contributed by atoms with van der Waals surface area (Å²) in [6.07, 6.45) is 1.68. The average Bonchev–Trinajstić information content (AvgIpc) is 2.56. The Balaban J connectivity index is 2.58. The van der Waals surface area contributed by atoms with Gasteiger partial charge in [0.05, 0.1) is 0 Å². The molecule has 0 aliphatic rings. The van der Waals surface area contributed by atoms with Gasteiger partial charge < -0.3 is 10.5 Å². The summed E-state index contributed by atoms with van der Waals surface area (Å²) >= 11 is 5.99. The van der Waals surface area contributed by atoms with E-state index in [0.29, 0.717) is 10.6 Å². The summed E-state index contributed by atoms with van der Waals surface area (Å²) in [5, 5.41) is 0.617. The maximum Gasteiger partial charge on any atom is 0.332 e. The van der Waals surface area contributed by atoms with E-state index in [1.165, 1.54) is 0 Å². The molecule has 2 aromatic rings. The minimum Gasteiger partial charge on any atom is -0.458 e. The van der Waals surface area contributed by atoms with Crippen LogP contribution >= 0.6 is 11.6 Å². The summed E-state index contributed by atoms with van der Waals surface area (Å²) in [7, 11) is 0. The van der Waals surface area contributed by atoms with Crippen LogP contribution in [0, 0.1) is 0 Å². The molecule has 0 heterocycles. The van der Waals surface area contributed by atoms with Crippen molar-refractivity contribution in [3.63, 3.8) is 0 Å². The Morgan fingerprint density at radius 3 is 2.16 bits per heavy atom. The van der Waals surface area contributed by atoms with Crippen LogP contribution in [0.25, 0.3) is 0 Å². The van der Waals surface area contributed by atoms with Gasteiger partial charge in [-0.25, -0.2) is 4.79 Å². The van der Waals surface area contributed by atoms with Crippen LogP contribution in [0.15, 0.2) is 67.3 Å². The van der Waals surface area contributed by atoms with E-state index in [1.807, 2.05) is 63.2 Å². The van der Waals surface area contributed by atoms with Gasteiger partial charge in [0.15, 0.2) is 5.54 Å². The molecule has 2 aromatic carbocycles. The van der Waals surface area contributed by atoms with E-state index in [9.17, 15) is 4.79 Å². The molecule has 0 aromatic heterocycles. The van der Waals surface area contributed by atoms with Gasteiger partial charge in [-0.05, 0) is 44.0 Å². The number of nitrogens with two attached hydrogens (primary N) is 1. The molecule has 4 heteroatoms. The summed E-state index contributed by atoms with van der Waals surface area (Å²) in [4.78, 5) is 13.1. The normalized spacial score (nSPS) is 15.1. The molecule has 3 nitrogen and oxygen atoms in total. The predicted molar refractivity (Wildman–Crippen MR) is 103 cm³/mol. The van der Waals surface area contributed by atoms with Crippen molar-refractivity contribution < 1.29 is 9.53 Å². The van der Waals surface area contributed by atoms with Gasteiger partial charge in [-0.3, -0.25) is 0 Å². The molecule has 0 unspecified atom stereocenters. The van der Waals surface area contributed by atoms with Crippen molar-refractivity contribution in [1.29, 1.82) is 0 Å². The SMILES string of the molecule is C=C[C@@H](c1ccc(Cl)cc1)[C@@](N)(C(=O)OC(C)(C)C)c1ccccc1. The third kappa shape index (κ3) is 4.30. The number of benzene rings is 2. The number of esters is 1. The zero-order valence-corrected chi connectivity index (χ0v) is 15.6. The molecule has 0 aliphatic carbocycles. The van der Waals surface area contributed by atoms with Crippen LogP contribution in [-0.2, 0) is 15.1 Å². The number of halogens is 1. The summed E-state index contributed by atoms with van der Waals surface area (Å²) in [6, 6.07) is 16.5. The lowest BCUT2D eigenvalue weighted by atomic mass is 9.75. The molecule has 0 amide bonds. The maximum atomic E-state index is 13.1. The third-order valence-corrected chi connectivity index (χ3v) is 4.20. The number of carbonyl (C=O) groups is 1. The maximum absolute atomic E-state index is 13.1. The fourth-order valence-corrected chi connectivity index (χ4v) is 2.88. The van der Waals surface area contributed by atoms with Crippen LogP contribution in [-0.4, -0.2) is 11.6 Å². The molecular formula is C21H24ClNO2. The van der Waals surface area contributed by atoms with E-state index in [2.05, 4.69) is 6.58 Å². The average molecular weight is 358 g/mol. The van der Waals surface area contributed by atoms with Crippen molar-refractivity contribution in [3.05, 3.63) is 83.4 Å². The number of ether oxygens (including phenoxy) is 1. The second-order valence-corrected chi connectivity index (χ2v) is 7.44. The van der Waals surface area contributed by atoms with Crippen molar-refractivity contribution in [1.82, 2.24) is 0 Å². The zero-order chi connectivity index (χ0) is 18.7. The highest BCUT2D eigenvalue weighted by molar-refractivity contribution is 6.30. The first kappa shape index (κ1) is 19.2. The molecule has 0 fully saturated rings. The van der Waals surface area contributed by atoms with Gasteiger partial charge in [-0.15, -0.1) is 6.58 Å². The Hall–Kier alpha value is -2.10. The lowest BCUT2D eigenvalue weighted by Crippen LogP contribution is -2.52. The Morgan fingerprint density at radius 2 is 1.68 bits per heavy atom. The summed E-state index contributed by atoms with van der Waals surface area (Å²) < 4.78 is 5.65. The van der Waals surface area contributed by atoms with Crippen molar-refractivity contribution >= 4 is 17.6 Å². The highest BCUT2D eigenvalue weighted by Gasteiger charge is 2.46. The van der Waals surface area contributed by atoms with Gasteiger partial charge in [-0.1, -0.05) is 60.1 Å². The number of rotatable bonds is 5. The topological polar surface area (TPSA) is 52.3 Å². The molecule has 0 spiro atoms. The van der Waals surface area contributed by atoms with Crippen LogP contribution in [0.3, 0.4) is 0 Å². The quantitative estimate of drug-likeness (QED) is 0.617. The van der Waals surface area contributed by atoms with Crippen molar-refractivity contribution in [2.45, 2.75) is 37.8 Å². The van der Waals surface area contributed by atoms with E-state index >= 15 is 0 Å². The summed E-state index contributed by atoms with van der Waals surface area (Å²) in [5.41, 5.74) is 6.18. The Labute approximate surface area is 154 Å². The van der Waals surface area contributed by atoms with E-state index in [1.54, 1.807) is 18.2 Å². The van der Waals surface area contributed by atoms with Gasteiger partial charge in [0.1, 0.15) is 5.60 Å². The highest BCUT2D eigenvalue weighted by atomic mass is 35.5. The Morgan fingerprint density at radius 1 is 1.12 bits per heavy atom. The van der Waals surface area contributed by atoms with Crippen LogP contribution < -0.4 is 5.73 Å². The highest BCUT2D eigenvalue weighted by Crippen LogP contribution is 2.38. The largest absolute Gasteiger partial charge is 0.458 e. The molecule has 132 valence electrons. The van der Waals surface area contributed by atoms with E-state index in [4.69, 9.17) is 22.1 Å².